The molecule has 3 aromatic rings. The summed E-state index contributed by atoms with van der Waals surface area (Å²) in [7, 11) is 0. The smallest absolute Gasteiger partial charge is 0.201 e. The van der Waals surface area contributed by atoms with Gasteiger partial charge in [-0.3, -0.25) is 0 Å². The van der Waals surface area contributed by atoms with Crippen molar-refractivity contribution < 1.29 is 4.39 Å². The van der Waals surface area contributed by atoms with Crippen molar-refractivity contribution >= 4 is 50.9 Å². The summed E-state index contributed by atoms with van der Waals surface area (Å²) in [5.41, 5.74) is 8.79. The molecule has 0 aliphatic rings. The van der Waals surface area contributed by atoms with Gasteiger partial charge in [0.15, 0.2) is 0 Å². The number of aromatic nitrogens is 2. The van der Waals surface area contributed by atoms with E-state index in [1.807, 2.05) is 27.2 Å². The van der Waals surface area contributed by atoms with Crippen molar-refractivity contribution in [2.24, 2.45) is 0 Å². The Balaban J connectivity index is 2.11. The van der Waals surface area contributed by atoms with Gasteiger partial charge in [-0.2, -0.15) is 0 Å². The van der Waals surface area contributed by atoms with E-state index < -0.39 is 0 Å². The van der Waals surface area contributed by atoms with Gasteiger partial charge < -0.3 is 10.3 Å². The lowest BCUT2D eigenvalue weighted by atomic mass is 10.2. The Kier molecular flexibility index (Phi) is 3.68. The van der Waals surface area contributed by atoms with Gasteiger partial charge in [-0.25, -0.2) is 9.37 Å². The van der Waals surface area contributed by atoms with Crippen molar-refractivity contribution in [1.82, 2.24) is 9.55 Å². The van der Waals surface area contributed by atoms with Crippen molar-refractivity contribution in [3.05, 3.63) is 43.4 Å². The number of benzene rings is 1. The quantitative estimate of drug-likeness (QED) is 0.674. The van der Waals surface area contributed by atoms with E-state index in [1.54, 1.807) is 17.4 Å². The van der Waals surface area contributed by atoms with E-state index in [9.17, 15) is 4.39 Å². The first-order chi connectivity index (χ1) is 9.60. The molecule has 0 atom stereocenters. The lowest BCUT2D eigenvalue weighted by molar-refractivity contribution is 0.621. The van der Waals surface area contributed by atoms with E-state index in [1.165, 1.54) is 16.5 Å². The number of halogens is 2. The highest BCUT2D eigenvalue weighted by Gasteiger charge is 2.13. The maximum Gasteiger partial charge on any atom is 0.201 e. The summed E-state index contributed by atoms with van der Waals surface area (Å²) in [6.45, 7) is 2.77. The number of rotatable bonds is 3. The van der Waals surface area contributed by atoms with Crippen molar-refractivity contribution in [2.75, 3.05) is 5.73 Å². The van der Waals surface area contributed by atoms with Crippen LogP contribution < -0.4 is 5.73 Å². The number of anilines is 1. The zero-order valence-corrected chi connectivity index (χ0v) is 13.8. The molecule has 0 saturated heterocycles. The van der Waals surface area contributed by atoms with Crippen LogP contribution in [0.3, 0.4) is 0 Å². The van der Waals surface area contributed by atoms with Crippen LogP contribution in [0, 0.1) is 9.39 Å². The first-order valence-corrected chi connectivity index (χ1v) is 8.22. The Morgan fingerprint density at radius 3 is 3.00 bits per heavy atom. The van der Waals surface area contributed by atoms with Crippen LogP contribution in [0.5, 0.6) is 0 Å². The van der Waals surface area contributed by atoms with Crippen LogP contribution in [0.15, 0.2) is 23.6 Å². The van der Waals surface area contributed by atoms with Crippen LogP contribution in [-0.2, 0) is 13.0 Å². The number of fused-ring (bicyclic) bond motifs is 1. The van der Waals surface area contributed by atoms with Crippen molar-refractivity contribution in [2.45, 2.75) is 19.9 Å². The number of thiophene rings is 1. The number of nitrogens with zero attached hydrogens (tertiary/aromatic N) is 2. The Labute approximate surface area is 133 Å². The summed E-state index contributed by atoms with van der Waals surface area (Å²) in [6, 6.07) is 5.37. The second kappa shape index (κ2) is 5.33. The summed E-state index contributed by atoms with van der Waals surface area (Å²) < 4.78 is 16.2. The predicted octanol–water partition coefficient (Wildman–Crippen LogP) is 4.03. The van der Waals surface area contributed by atoms with Gasteiger partial charge in [0, 0.05) is 10.9 Å². The van der Waals surface area contributed by atoms with E-state index in [2.05, 4.69) is 23.4 Å². The third-order valence-electron chi connectivity index (χ3n) is 3.34. The number of imidazole rings is 1. The Hall–Kier alpha value is -1.15. The van der Waals surface area contributed by atoms with E-state index in [4.69, 9.17) is 5.73 Å². The molecular formula is C14H13FIN3S. The third-order valence-corrected chi connectivity index (χ3v) is 5.11. The number of nitrogen functional groups attached to an aromatic ring is 1. The van der Waals surface area contributed by atoms with E-state index >= 15 is 0 Å². The largest absolute Gasteiger partial charge is 0.369 e. The molecule has 3 nitrogen and oxygen atoms in total. The molecule has 2 N–H and O–H groups in total. The molecule has 0 aliphatic carbocycles. The highest BCUT2D eigenvalue weighted by Crippen LogP contribution is 2.26. The van der Waals surface area contributed by atoms with Crippen molar-refractivity contribution in [1.29, 1.82) is 0 Å². The van der Waals surface area contributed by atoms with Crippen LogP contribution in [0.1, 0.15) is 17.4 Å². The standard InChI is InChI=1S/C14H13FIN3S/c1-2-8-3-4-20-13(8)7-19-12-5-9(15)10(16)6-11(12)18-14(19)17/h3-6H,2,7H2,1H3,(H2,17,18). The molecule has 0 radical (unpaired) electrons. The Morgan fingerprint density at radius 1 is 1.45 bits per heavy atom. The highest BCUT2D eigenvalue weighted by molar-refractivity contribution is 14.1. The second-order valence-corrected chi connectivity index (χ2v) is 6.70. The normalized spacial score (nSPS) is 11.3. The summed E-state index contributed by atoms with van der Waals surface area (Å²) in [5.74, 6) is 0.193. The summed E-state index contributed by atoms with van der Waals surface area (Å²) in [4.78, 5) is 5.57. The molecule has 6 heteroatoms. The first kappa shape index (κ1) is 13.8. The summed E-state index contributed by atoms with van der Waals surface area (Å²) in [5, 5.41) is 2.08. The molecule has 2 aromatic heterocycles. The fourth-order valence-corrected chi connectivity index (χ4v) is 3.68. The minimum Gasteiger partial charge on any atom is -0.369 e. The first-order valence-electron chi connectivity index (χ1n) is 6.26. The molecule has 104 valence electrons. The van der Waals surface area contributed by atoms with Gasteiger partial charge in [0.05, 0.1) is 21.1 Å². The molecular weight excluding hydrogens is 388 g/mol. The van der Waals surface area contributed by atoms with Crippen LogP contribution in [0.4, 0.5) is 10.3 Å². The molecule has 0 amide bonds. The van der Waals surface area contributed by atoms with Crippen LogP contribution >= 0.6 is 33.9 Å². The van der Waals surface area contributed by atoms with Crippen LogP contribution in [0.25, 0.3) is 11.0 Å². The lowest BCUT2D eigenvalue weighted by Gasteiger charge is -2.07. The molecule has 2 heterocycles. The van der Waals surface area contributed by atoms with Crippen LogP contribution in [0.2, 0.25) is 0 Å². The number of hydrogen-bond donors (Lipinski definition) is 1. The highest BCUT2D eigenvalue weighted by atomic mass is 127. The molecule has 0 saturated carbocycles. The van der Waals surface area contributed by atoms with Gasteiger partial charge in [-0.05, 0) is 52.1 Å². The summed E-state index contributed by atoms with van der Waals surface area (Å²) >= 11 is 3.66. The van der Waals surface area contributed by atoms with Gasteiger partial charge in [-0.15, -0.1) is 11.3 Å². The number of aryl methyl sites for hydroxylation is 1. The second-order valence-electron chi connectivity index (χ2n) is 4.53. The molecule has 20 heavy (non-hydrogen) atoms. The zero-order chi connectivity index (χ0) is 14.3. The molecule has 3 rings (SSSR count). The van der Waals surface area contributed by atoms with Gasteiger partial charge in [0.1, 0.15) is 5.82 Å². The minimum absolute atomic E-state index is 0.235. The van der Waals surface area contributed by atoms with E-state index in [-0.39, 0.29) is 5.82 Å². The molecule has 0 bridgehead atoms. The fourth-order valence-electron chi connectivity index (χ4n) is 2.27. The maximum atomic E-state index is 13.8. The minimum atomic E-state index is -0.235. The molecule has 0 fully saturated rings. The Bertz CT molecular complexity index is 778. The van der Waals surface area contributed by atoms with Gasteiger partial charge in [0.2, 0.25) is 5.95 Å². The Morgan fingerprint density at radius 2 is 2.25 bits per heavy atom. The van der Waals surface area contributed by atoms with E-state index in [0.29, 0.717) is 16.1 Å². The predicted molar refractivity (Wildman–Crippen MR) is 89.6 cm³/mol. The van der Waals surface area contributed by atoms with Gasteiger partial charge in [0.25, 0.3) is 0 Å². The third kappa shape index (κ3) is 2.31. The van der Waals surface area contributed by atoms with E-state index in [0.717, 1.165) is 17.5 Å². The van der Waals surface area contributed by atoms with Crippen LogP contribution in [-0.4, -0.2) is 9.55 Å². The fraction of sp³-hybridized carbons (Fsp3) is 0.214. The average molecular weight is 401 g/mol. The lowest BCUT2D eigenvalue weighted by Crippen LogP contribution is -2.05. The molecule has 0 unspecified atom stereocenters. The molecule has 1 aromatic carbocycles. The average Bonchev–Trinajstić information content (AvgIpc) is 2.97. The molecule has 0 spiro atoms. The monoisotopic (exact) mass is 401 g/mol. The zero-order valence-electron chi connectivity index (χ0n) is 10.9. The molecule has 0 aliphatic heterocycles. The number of hydrogen-bond acceptors (Lipinski definition) is 3. The van der Waals surface area contributed by atoms with Gasteiger partial charge in [-0.1, -0.05) is 6.92 Å². The van der Waals surface area contributed by atoms with Crippen molar-refractivity contribution in [3.8, 4) is 0 Å². The summed E-state index contributed by atoms with van der Waals surface area (Å²) in [6.07, 6.45) is 0.984. The van der Waals surface area contributed by atoms with Gasteiger partial charge >= 0.3 is 0 Å². The van der Waals surface area contributed by atoms with Crippen molar-refractivity contribution in [3.63, 3.8) is 0 Å². The SMILES string of the molecule is CCc1ccsc1Cn1c(N)nc2cc(I)c(F)cc21. The number of nitrogens with two attached hydrogens (primary N) is 1. The maximum absolute atomic E-state index is 13.8. The topological polar surface area (TPSA) is 43.8 Å².